The van der Waals surface area contributed by atoms with Gasteiger partial charge in [-0.1, -0.05) is 19.8 Å². The smallest absolute Gasteiger partial charge is 0.320 e. The Hall–Kier alpha value is -2.14. The Balaban J connectivity index is 2.03. The van der Waals surface area contributed by atoms with Gasteiger partial charge in [-0.3, -0.25) is 10.1 Å². The van der Waals surface area contributed by atoms with E-state index >= 15 is 0 Å². The van der Waals surface area contributed by atoms with Crippen molar-refractivity contribution in [3.05, 3.63) is 47.5 Å². The van der Waals surface area contributed by atoms with E-state index in [2.05, 4.69) is 5.32 Å². The Labute approximate surface area is 135 Å². The lowest BCUT2D eigenvalue weighted by atomic mass is 10.1. The highest BCUT2D eigenvalue weighted by atomic mass is 19.1. The van der Waals surface area contributed by atoms with Crippen molar-refractivity contribution in [2.45, 2.75) is 45.7 Å². The fourth-order valence-electron chi connectivity index (χ4n) is 2.47. The Bertz CT molecular complexity index is 666. The molecule has 5 heteroatoms. The van der Waals surface area contributed by atoms with Crippen LogP contribution in [0.1, 0.15) is 37.5 Å². The van der Waals surface area contributed by atoms with Crippen molar-refractivity contribution in [1.29, 1.82) is 0 Å². The molecule has 2 aromatic rings. The lowest BCUT2D eigenvalue weighted by Crippen LogP contribution is -2.36. The van der Waals surface area contributed by atoms with Crippen LogP contribution in [0.4, 0.5) is 4.39 Å². The summed E-state index contributed by atoms with van der Waals surface area (Å²) in [5.74, 6) is 0.186. The highest BCUT2D eigenvalue weighted by Gasteiger charge is 2.17. The zero-order valence-electron chi connectivity index (χ0n) is 13.4. The minimum atomic E-state index is -0.848. The van der Waals surface area contributed by atoms with Crippen molar-refractivity contribution < 1.29 is 18.7 Å². The van der Waals surface area contributed by atoms with E-state index in [-0.39, 0.29) is 5.82 Å². The van der Waals surface area contributed by atoms with Gasteiger partial charge in [0.1, 0.15) is 23.4 Å². The van der Waals surface area contributed by atoms with Gasteiger partial charge in [0.2, 0.25) is 0 Å². The maximum atomic E-state index is 13.2. The molecule has 0 bridgehead atoms. The molecule has 2 N–H and O–H groups in total. The molecule has 0 aliphatic rings. The van der Waals surface area contributed by atoms with Crippen molar-refractivity contribution in [3.8, 4) is 11.3 Å². The predicted molar refractivity (Wildman–Crippen MR) is 86.6 cm³/mol. The summed E-state index contributed by atoms with van der Waals surface area (Å²) in [7, 11) is 0. The zero-order valence-corrected chi connectivity index (χ0v) is 13.4. The van der Waals surface area contributed by atoms with E-state index in [1.165, 1.54) is 12.1 Å². The molecule has 0 unspecified atom stereocenters. The number of carboxylic acids is 1. The summed E-state index contributed by atoms with van der Waals surface area (Å²) in [6.07, 6.45) is 2.42. The number of hydrogen-bond donors (Lipinski definition) is 2. The Morgan fingerprint density at radius 3 is 2.78 bits per heavy atom. The highest BCUT2D eigenvalue weighted by Crippen LogP contribution is 2.26. The van der Waals surface area contributed by atoms with Crippen molar-refractivity contribution in [2.24, 2.45) is 0 Å². The number of benzene rings is 1. The monoisotopic (exact) mass is 319 g/mol. The lowest BCUT2D eigenvalue weighted by molar-refractivity contribution is -0.139. The van der Waals surface area contributed by atoms with Gasteiger partial charge in [-0.2, -0.15) is 0 Å². The van der Waals surface area contributed by atoms with Crippen LogP contribution in [-0.4, -0.2) is 17.1 Å². The third kappa shape index (κ3) is 4.66. The van der Waals surface area contributed by atoms with Gasteiger partial charge in [-0.15, -0.1) is 0 Å². The van der Waals surface area contributed by atoms with Crippen LogP contribution in [0.15, 0.2) is 34.7 Å². The second-order valence-corrected chi connectivity index (χ2v) is 5.64. The molecular formula is C18H22FNO3. The van der Waals surface area contributed by atoms with Crippen molar-refractivity contribution >= 4 is 5.97 Å². The molecule has 0 spiro atoms. The molecule has 1 aromatic heterocycles. The number of nitrogens with one attached hydrogen (secondary N) is 1. The molecule has 1 aromatic carbocycles. The first-order valence-corrected chi connectivity index (χ1v) is 7.82. The second-order valence-electron chi connectivity index (χ2n) is 5.64. The first kappa shape index (κ1) is 17.2. The van der Waals surface area contributed by atoms with E-state index in [1.54, 1.807) is 6.07 Å². The van der Waals surface area contributed by atoms with Crippen molar-refractivity contribution in [3.63, 3.8) is 0 Å². The number of furan rings is 1. The van der Waals surface area contributed by atoms with Gasteiger partial charge in [0.15, 0.2) is 0 Å². The average Bonchev–Trinajstić information content (AvgIpc) is 2.95. The number of aliphatic carboxylic acids is 1. The number of carboxylic acid groups (broad SMARTS) is 1. The summed E-state index contributed by atoms with van der Waals surface area (Å²) in [4.78, 5) is 11.2. The lowest BCUT2D eigenvalue weighted by Gasteiger charge is -2.12. The van der Waals surface area contributed by atoms with Crippen LogP contribution in [0.5, 0.6) is 0 Å². The Kier molecular flexibility index (Phi) is 5.93. The maximum absolute atomic E-state index is 13.2. The predicted octanol–water partition coefficient (Wildman–Crippen LogP) is 4.13. The zero-order chi connectivity index (χ0) is 16.8. The topological polar surface area (TPSA) is 62.5 Å². The SMILES string of the molecule is CCCC[C@H](NCc1ccc(-c2ccc(F)cc2C)o1)C(=O)O. The van der Waals surface area contributed by atoms with Crippen LogP contribution < -0.4 is 5.32 Å². The summed E-state index contributed by atoms with van der Waals surface area (Å²) in [5, 5.41) is 12.2. The molecule has 0 saturated heterocycles. The molecule has 0 fully saturated rings. The maximum Gasteiger partial charge on any atom is 0.320 e. The molecule has 4 nitrogen and oxygen atoms in total. The normalized spacial score (nSPS) is 12.3. The number of hydrogen-bond acceptors (Lipinski definition) is 3. The minimum absolute atomic E-state index is 0.278. The molecule has 1 heterocycles. The standard InChI is InChI=1S/C18H22FNO3/c1-3-4-5-16(18(21)22)20-11-14-7-9-17(23-14)15-8-6-13(19)10-12(15)2/h6-10,16,20H,3-5,11H2,1-2H3,(H,21,22)/t16-/m0/s1. The number of unbranched alkanes of at least 4 members (excludes halogenated alkanes) is 1. The van der Waals surface area contributed by atoms with E-state index < -0.39 is 12.0 Å². The fraction of sp³-hybridized carbons (Fsp3) is 0.389. The van der Waals surface area contributed by atoms with Crippen molar-refractivity contribution in [1.82, 2.24) is 5.32 Å². The summed E-state index contributed by atoms with van der Waals surface area (Å²) in [6, 6.07) is 7.59. The van der Waals surface area contributed by atoms with E-state index in [4.69, 9.17) is 4.42 Å². The van der Waals surface area contributed by atoms with E-state index in [0.717, 1.165) is 24.0 Å². The minimum Gasteiger partial charge on any atom is -0.480 e. The summed E-state index contributed by atoms with van der Waals surface area (Å²) < 4.78 is 18.9. The number of halogens is 1. The molecule has 0 radical (unpaired) electrons. The molecule has 0 aliphatic carbocycles. The van der Waals surface area contributed by atoms with E-state index in [1.807, 2.05) is 26.0 Å². The van der Waals surface area contributed by atoms with Gasteiger partial charge >= 0.3 is 5.97 Å². The molecule has 124 valence electrons. The fourth-order valence-corrected chi connectivity index (χ4v) is 2.47. The summed E-state index contributed by atoms with van der Waals surface area (Å²) in [5.41, 5.74) is 1.63. The number of carbonyl (C=O) groups is 1. The average molecular weight is 319 g/mol. The molecule has 0 aliphatic heterocycles. The van der Waals surface area contributed by atoms with Gasteiger partial charge in [-0.05, 0) is 49.2 Å². The second kappa shape index (κ2) is 7.92. The third-order valence-electron chi connectivity index (χ3n) is 3.78. The Morgan fingerprint density at radius 2 is 2.13 bits per heavy atom. The molecule has 0 amide bonds. The van der Waals surface area contributed by atoms with Crippen molar-refractivity contribution in [2.75, 3.05) is 0 Å². The Morgan fingerprint density at radius 1 is 1.35 bits per heavy atom. The van der Waals surface area contributed by atoms with Crippen LogP contribution in [0.3, 0.4) is 0 Å². The molecule has 23 heavy (non-hydrogen) atoms. The largest absolute Gasteiger partial charge is 0.480 e. The first-order valence-electron chi connectivity index (χ1n) is 7.82. The molecule has 0 saturated carbocycles. The van der Waals surface area contributed by atoms with Gasteiger partial charge < -0.3 is 9.52 Å². The van der Waals surface area contributed by atoms with Gasteiger partial charge in [0.25, 0.3) is 0 Å². The van der Waals surface area contributed by atoms with Gasteiger partial charge in [-0.25, -0.2) is 4.39 Å². The van der Waals surface area contributed by atoms with Crippen LogP contribution in [0, 0.1) is 12.7 Å². The number of rotatable bonds is 8. The van der Waals surface area contributed by atoms with Crippen LogP contribution in [0.2, 0.25) is 0 Å². The molecular weight excluding hydrogens is 297 g/mol. The quantitative estimate of drug-likeness (QED) is 0.768. The summed E-state index contributed by atoms with van der Waals surface area (Å²) in [6.45, 7) is 4.20. The van der Waals surface area contributed by atoms with Crippen LogP contribution in [-0.2, 0) is 11.3 Å². The molecule has 1 atom stereocenters. The summed E-state index contributed by atoms with van der Waals surface area (Å²) >= 11 is 0. The van der Waals surface area contributed by atoms with Gasteiger partial charge in [0, 0.05) is 5.56 Å². The highest BCUT2D eigenvalue weighted by molar-refractivity contribution is 5.73. The first-order chi connectivity index (χ1) is 11.0. The number of aryl methyl sites for hydroxylation is 1. The van der Waals surface area contributed by atoms with E-state index in [0.29, 0.717) is 24.5 Å². The van der Waals surface area contributed by atoms with E-state index in [9.17, 15) is 14.3 Å². The van der Waals surface area contributed by atoms with Crippen LogP contribution >= 0.6 is 0 Å². The molecule has 2 rings (SSSR count). The van der Waals surface area contributed by atoms with Crippen LogP contribution in [0.25, 0.3) is 11.3 Å². The third-order valence-corrected chi connectivity index (χ3v) is 3.78. The van der Waals surface area contributed by atoms with Gasteiger partial charge in [0.05, 0.1) is 6.54 Å².